The second kappa shape index (κ2) is 9.62. The third-order valence-electron chi connectivity index (χ3n) is 3.44. The maximum atomic E-state index is 12.0. The maximum Gasteiger partial charge on any atom is 0.328 e. The van der Waals surface area contributed by atoms with E-state index in [9.17, 15) is 14.4 Å². The number of hydrogen-bond acceptors (Lipinski definition) is 5. The van der Waals surface area contributed by atoms with Crippen molar-refractivity contribution in [1.82, 2.24) is 5.32 Å². The lowest BCUT2D eigenvalue weighted by Gasteiger charge is -2.13. The van der Waals surface area contributed by atoms with Crippen LogP contribution in [0.1, 0.15) is 17.3 Å². The van der Waals surface area contributed by atoms with Gasteiger partial charge in [0, 0.05) is 16.1 Å². The van der Waals surface area contributed by atoms with Crippen molar-refractivity contribution in [1.29, 1.82) is 0 Å². The van der Waals surface area contributed by atoms with Gasteiger partial charge in [-0.1, -0.05) is 24.3 Å². The number of ether oxygens (including phenoxy) is 1. The number of carbonyl (C=O) groups is 3. The van der Waals surface area contributed by atoms with Gasteiger partial charge in [-0.3, -0.25) is 9.59 Å². The molecule has 2 rings (SSSR count). The third kappa shape index (κ3) is 5.93. The molecule has 1 atom stereocenters. The van der Waals surface area contributed by atoms with Gasteiger partial charge in [-0.15, -0.1) is 11.8 Å². The summed E-state index contributed by atoms with van der Waals surface area (Å²) in [4.78, 5) is 36.9. The minimum atomic E-state index is -0.865. The van der Waals surface area contributed by atoms with E-state index in [2.05, 4.69) is 10.6 Å². The Hall–Kier alpha value is -2.80. The van der Waals surface area contributed by atoms with Gasteiger partial charge in [-0.05, 0) is 43.5 Å². The van der Waals surface area contributed by atoms with Gasteiger partial charge in [0.1, 0.15) is 6.04 Å². The molecule has 0 fully saturated rings. The molecule has 0 aromatic heterocycles. The van der Waals surface area contributed by atoms with E-state index in [0.29, 0.717) is 11.3 Å². The lowest BCUT2D eigenvalue weighted by molar-refractivity contribution is -0.148. The molecule has 0 saturated heterocycles. The van der Waals surface area contributed by atoms with Crippen LogP contribution in [0.3, 0.4) is 0 Å². The van der Waals surface area contributed by atoms with Gasteiger partial charge in [0.05, 0.1) is 0 Å². The fourth-order valence-electron chi connectivity index (χ4n) is 2.09. The summed E-state index contributed by atoms with van der Waals surface area (Å²) < 4.78 is 4.96. The highest BCUT2D eigenvalue weighted by atomic mass is 32.2. The van der Waals surface area contributed by atoms with E-state index in [-0.39, 0.29) is 5.91 Å². The predicted octanol–water partition coefficient (Wildman–Crippen LogP) is 2.71. The second-order valence-electron chi connectivity index (χ2n) is 5.45. The zero-order valence-electron chi connectivity index (χ0n) is 14.5. The molecule has 0 heterocycles. The Kier molecular flexibility index (Phi) is 7.23. The number of esters is 1. The highest BCUT2D eigenvalue weighted by Crippen LogP contribution is 2.18. The number of nitrogens with one attached hydrogen (secondary N) is 2. The molecule has 26 heavy (non-hydrogen) atoms. The van der Waals surface area contributed by atoms with Gasteiger partial charge >= 0.3 is 5.97 Å². The van der Waals surface area contributed by atoms with Crippen molar-refractivity contribution in [2.45, 2.75) is 17.9 Å². The van der Waals surface area contributed by atoms with E-state index < -0.39 is 24.5 Å². The number of amides is 2. The van der Waals surface area contributed by atoms with E-state index in [1.807, 2.05) is 24.5 Å². The Bertz CT molecular complexity index is 780. The van der Waals surface area contributed by atoms with Crippen LogP contribution in [-0.4, -0.2) is 36.7 Å². The van der Waals surface area contributed by atoms with Crippen molar-refractivity contribution in [3.63, 3.8) is 0 Å². The first kappa shape index (κ1) is 19.5. The van der Waals surface area contributed by atoms with Gasteiger partial charge < -0.3 is 15.4 Å². The summed E-state index contributed by atoms with van der Waals surface area (Å²) in [5, 5.41) is 5.20. The van der Waals surface area contributed by atoms with Crippen molar-refractivity contribution in [2.75, 3.05) is 18.2 Å². The van der Waals surface area contributed by atoms with E-state index in [1.54, 1.807) is 48.2 Å². The summed E-state index contributed by atoms with van der Waals surface area (Å²) in [6, 6.07) is 15.0. The van der Waals surface area contributed by atoms with Crippen LogP contribution in [0.5, 0.6) is 0 Å². The first-order valence-electron chi connectivity index (χ1n) is 7.96. The highest BCUT2D eigenvalue weighted by molar-refractivity contribution is 7.98. The average Bonchev–Trinajstić information content (AvgIpc) is 2.66. The Morgan fingerprint density at radius 3 is 2.50 bits per heavy atom. The minimum Gasteiger partial charge on any atom is -0.454 e. The van der Waals surface area contributed by atoms with Crippen molar-refractivity contribution in [2.24, 2.45) is 0 Å². The zero-order chi connectivity index (χ0) is 18.9. The molecular formula is C19H20N2O4S. The second-order valence-corrected chi connectivity index (χ2v) is 6.33. The molecular weight excluding hydrogens is 352 g/mol. The molecule has 2 amide bonds. The first-order chi connectivity index (χ1) is 12.5. The van der Waals surface area contributed by atoms with Crippen LogP contribution >= 0.6 is 11.8 Å². The normalized spacial score (nSPS) is 11.3. The zero-order valence-corrected chi connectivity index (χ0v) is 15.3. The van der Waals surface area contributed by atoms with Gasteiger partial charge in [0.25, 0.3) is 11.8 Å². The van der Waals surface area contributed by atoms with Gasteiger partial charge in [-0.25, -0.2) is 4.79 Å². The molecule has 7 heteroatoms. The summed E-state index contributed by atoms with van der Waals surface area (Å²) >= 11 is 1.56. The van der Waals surface area contributed by atoms with Crippen LogP contribution in [0, 0.1) is 0 Å². The lowest BCUT2D eigenvalue weighted by atomic mass is 10.2. The number of benzene rings is 2. The third-order valence-corrected chi connectivity index (χ3v) is 4.16. The van der Waals surface area contributed by atoms with E-state index in [0.717, 1.165) is 4.90 Å². The Morgan fingerprint density at radius 1 is 1.08 bits per heavy atom. The molecule has 0 radical (unpaired) electrons. The summed E-state index contributed by atoms with van der Waals surface area (Å²) in [6.07, 6.45) is 1.94. The molecule has 0 aliphatic heterocycles. The van der Waals surface area contributed by atoms with E-state index >= 15 is 0 Å². The topological polar surface area (TPSA) is 84.5 Å². The van der Waals surface area contributed by atoms with Crippen LogP contribution in [0.15, 0.2) is 59.5 Å². The number of rotatable bonds is 7. The summed E-state index contributed by atoms with van der Waals surface area (Å²) in [5.74, 6) is -1.51. The van der Waals surface area contributed by atoms with Crippen molar-refractivity contribution in [3.8, 4) is 0 Å². The molecule has 0 saturated carbocycles. The summed E-state index contributed by atoms with van der Waals surface area (Å²) in [5.41, 5.74) is 1.07. The molecule has 2 aromatic rings. The van der Waals surface area contributed by atoms with Crippen molar-refractivity contribution >= 4 is 35.2 Å². The molecule has 0 aliphatic carbocycles. The molecule has 6 nitrogen and oxygen atoms in total. The summed E-state index contributed by atoms with van der Waals surface area (Å²) in [7, 11) is 0. The molecule has 0 unspecified atom stereocenters. The SMILES string of the molecule is CSc1cccc(NC(=O)COC(=O)[C@H](C)NC(=O)c2ccccc2)c1. The highest BCUT2D eigenvalue weighted by Gasteiger charge is 2.19. The van der Waals surface area contributed by atoms with Crippen molar-refractivity contribution in [3.05, 3.63) is 60.2 Å². The number of carbonyl (C=O) groups excluding carboxylic acids is 3. The quantitative estimate of drug-likeness (QED) is 0.577. The molecule has 2 N–H and O–H groups in total. The Labute approximate surface area is 156 Å². The van der Waals surface area contributed by atoms with Crippen LogP contribution < -0.4 is 10.6 Å². The van der Waals surface area contributed by atoms with Crippen LogP contribution in [0.4, 0.5) is 5.69 Å². The van der Waals surface area contributed by atoms with Gasteiger partial charge in [0.15, 0.2) is 6.61 Å². The van der Waals surface area contributed by atoms with Gasteiger partial charge in [0.2, 0.25) is 0 Å². The smallest absolute Gasteiger partial charge is 0.328 e. The number of anilines is 1. The molecule has 0 spiro atoms. The monoisotopic (exact) mass is 372 g/mol. The largest absolute Gasteiger partial charge is 0.454 e. The van der Waals surface area contributed by atoms with Crippen molar-refractivity contribution < 1.29 is 19.1 Å². The van der Waals surface area contributed by atoms with Crippen LogP contribution in [-0.2, 0) is 14.3 Å². The Morgan fingerprint density at radius 2 is 1.81 bits per heavy atom. The molecule has 0 aliphatic rings. The number of thioether (sulfide) groups is 1. The average molecular weight is 372 g/mol. The fraction of sp³-hybridized carbons (Fsp3) is 0.211. The fourth-order valence-corrected chi connectivity index (χ4v) is 2.55. The van der Waals surface area contributed by atoms with E-state index in [4.69, 9.17) is 4.74 Å². The summed E-state index contributed by atoms with van der Waals surface area (Å²) in [6.45, 7) is 1.08. The molecule has 0 bridgehead atoms. The molecule has 136 valence electrons. The molecule has 2 aromatic carbocycles. The predicted molar refractivity (Wildman–Crippen MR) is 101 cm³/mol. The van der Waals surface area contributed by atoms with Gasteiger partial charge in [-0.2, -0.15) is 0 Å². The van der Waals surface area contributed by atoms with Crippen LogP contribution in [0.2, 0.25) is 0 Å². The maximum absolute atomic E-state index is 12.0. The standard InChI is InChI=1S/C19H20N2O4S/c1-13(20-18(23)14-7-4-3-5-8-14)19(24)25-12-17(22)21-15-9-6-10-16(11-15)26-2/h3-11,13H,12H2,1-2H3,(H,20,23)(H,21,22)/t13-/m0/s1. The van der Waals surface area contributed by atoms with E-state index in [1.165, 1.54) is 6.92 Å². The Balaban J connectivity index is 1.79. The minimum absolute atomic E-state index is 0.381. The number of hydrogen-bond donors (Lipinski definition) is 2. The van der Waals surface area contributed by atoms with Crippen LogP contribution in [0.25, 0.3) is 0 Å². The first-order valence-corrected chi connectivity index (χ1v) is 9.18. The lowest BCUT2D eigenvalue weighted by Crippen LogP contribution is -2.40.